The number of carbonyl (C=O) groups excluding carboxylic acids is 3. The molecule has 0 heterocycles. The summed E-state index contributed by atoms with van der Waals surface area (Å²) in [5.41, 5.74) is 2.20. The Labute approximate surface area is 289 Å². The first-order valence-corrected chi connectivity index (χ1v) is 14.2. The van der Waals surface area contributed by atoms with E-state index in [1.165, 1.54) is 14.2 Å². The molecule has 0 atom stereocenters. The number of hydrogen-bond acceptors (Lipinski definition) is 6. The average molecular weight is 750 g/mol. The van der Waals surface area contributed by atoms with Crippen LogP contribution in [0.4, 0.5) is 0 Å². The van der Waals surface area contributed by atoms with Crippen molar-refractivity contribution in [3.63, 3.8) is 0 Å². The number of ether oxygens (including phenoxy) is 2. The van der Waals surface area contributed by atoms with Gasteiger partial charge in [-0.25, -0.2) is 0 Å². The summed E-state index contributed by atoms with van der Waals surface area (Å²) in [5, 5.41) is 10.3. The number of carbonyl (C=O) groups is 3. The molecule has 0 saturated heterocycles. The Morgan fingerprint density at radius 1 is 0.805 bits per heavy atom. The van der Waals surface area contributed by atoms with Crippen molar-refractivity contribution in [3.8, 4) is 0 Å². The second-order valence-corrected chi connectivity index (χ2v) is 10.8. The largest absolute Gasteiger partial charge is 2.00 e. The molecule has 2 aromatic carbocycles. The predicted octanol–water partition coefficient (Wildman–Crippen LogP) is 3.86. The predicted molar refractivity (Wildman–Crippen MR) is 165 cm³/mol. The van der Waals surface area contributed by atoms with E-state index in [-0.39, 0.29) is 63.5 Å². The van der Waals surface area contributed by atoms with Crippen LogP contribution in [0.25, 0.3) is 0 Å². The molecule has 224 valence electrons. The van der Waals surface area contributed by atoms with Crippen LogP contribution in [0, 0.1) is 0 Å². The van der Waals surface area contributed by atoms with Crippen LogP contribution in [-0.4, -0.2) is 66.6 Å². The molecule has 0 N–H and O–H groups in total. The third-order valence-corrected chi connectivity index (χ3v) is 6.52. The van der Waals surface area contributed by atoms with Crippen molar-refractivity contribution in [3.05, 3.63) is 81.2 Å². The van der Waals surface area contributed by atoms with Gasteiger partial charge in [-0.2, -0.15) is 0 Å². The van der Waals surface area contributed by atoms with Gasteiger partial charge >= 0.3 is 29.0 Å². The van der Waals surface area contributed by atoms with Crippen molar-refractivity contribution in [2.24, 2.45) is 0 Å². The molecule has 0 saturated carbocycles. The van der Waals surface area contributed by atoms with E-state index in [1.807, 2.05) is 24.3 Å². The number of esters is 1. The van der Waals surface area contributed by atoms with Crippen molar-refractivity contribution >= 4 is 79.7 Å². The Bertz CT molecular complexity index is 1070. The van der Waals surface area contributed by atoms with E-state index in [4.69, 9.17) is 27.9 Å². The van der Waals surface area contributed by atoms with Gasteiger partial charge in [0.25, 0.3) is 0 Å². The zero-order valence-electron chi connectivity index (χ0n) is 24.5. The molecule has 0 aliphatic heterocycles. The summed E-state index contributed by atoms with van der Waals surface area (Å²) in [6.07, 6.45) is 2.40. The number of ketones is 2. The van der Waals surface area contributed by atoms with Gasteiger partial charge in [0.1, 0.15) is 0 Å². The molecule has 0 amide bonds. The summed E-state index contributed by atoms with van der Waals surface area (Å²) in [6, 6.07) is 14.5. The molecule has 2 rings (SSSR count). The number of alkyl halides is 2. The van der Waals surface area contributed by atoms with Crippen LogP contribution in [0.1, 0.15) is 79.7 Å². The first-order valence-electron chi connectivity index (χ1n) is 12.4. The number of benzene rings is 2. The standard InChI is InChI=1S/C15H19ClO3.C10H10BrClO.C5H10O2.BrH.Mg/c1-15(2,14(18)19-3)12-8-6-11(7-9-12)13(17)5-4-10-16;11-9-5-3-8(4-6-9)10(13)2-1-7-12;1-4(2)5(6)7-3;;/h6-9H,4-5,10H2,1-3H3;3-6H,1-2,7H2;6H,1-3H3;1H;/q;;;;+2/p-2. The van der Waals surface area contributed by atoms with Crippen LogP contribution in [0.15, 0.2) is 64.5 Å². The summed E-state index contributed by atoms with van der Waals surface area (Å²) in [6.45, 7) is 7.02. The minimum atomic E-state index is -0.716. The molecule has 0 aliphatic carbocycles. The summed E-state index contributed by atoms with van der Waals surface area (Å²) >= 11 is 14.4. The summed E-state index contributed by atoms with van der Waals surface area (Å²) in [7, 11) is 2.74. The molecule has 0 unspecified atom stereocenters. The molecule has 6 nitrogen and oxygen atoms in total. The monoisotopic (exact) mass is 746 g/mol. The van der Waals surface area contributed by atoms with E-state index in [2.05, 4.69) is 20.7 Å². The van der Waals surface area contributed by atoms with E-state index in [0.29, 0.717) is 42.2 Å². The average Bonchev–Trinajstić information content (AvgIpc) is 2.94. The molecule has 0 radical (unpaired) electrons. The minimum Gasteiger partial charge on any atom is -1.00 e. The van der Waals surface area contributed by atoms with Gasteiger partial charge in [-0.15, -0.1) is 23.2 Å². The van der Waals surface area contributed by atoms with Gasteiger partial charge in [-0.05, 0) is 65.3 Å². The van der Waals surface area contributed by atoms with Gasteiger partial charge in [0.2, 0.25) is 0 Å². The van der Waals surface area contributed by atoms with Gasteiger partial charge in [0.05, 0.1) is 12.5 Å². The van der Waals surface area contributed by atoms with Crippen LogP contribution in [0.2, 0.25) is 0 Å². The smallest absolute Gasteiger partial charge is 1.00 e. The number of hydrogen-bond donors (Lipinski definition) is 0. The molecular formula is C30H38Br2Cl2MgO6. The fraction of sp³-hybridized carbons (Fsp3) is 0.433. The van der Waals surface area contributed by atoms with Crippen LogP contribution in [0.5, 0.6) is 0 Å². The normalized spacial score (nSPS) is 9.68. The second kappa shape index (κ2) is 24.3. The molecule has 0 spiro atoms. The maximum absolute atomic E-state index is 11.8. The van der Waals surface area contributed by atoms with Gasteiger partial charge < -0.3 is 31.6 Å². The van der Waals surface area contributed by atoms with E-state index < -0.39 is 5.41 Å². The molecule has 0 aromatic heterocycles. The Balaban J connectivity index is -0.000000572. The molecular weight excluding hydrogens is 711 g/mol. The van der Waals surface area contributed by atoms with Gasteiger partial charge in [0.15, 0.2) is 11.6 Å². The van der Waals surface area contributed by atoms with Crippen LogP contribution < -0.4 is 22.1 Å². The zero-order valence-corrected chi connectivity index (χ0v) is 30.6. The van der Waals surface area contributed by atoms with Gasteiger partial charge in [-0.3, -0.25) is 14.4 Å². The fourth-order valence-corrected chi connectivity index (χ4v) is 3.56. The Morgan fingerprint density at radius 2 is 1.20 bits per heavy atom. The minimum absolute atomic E-state index is 0. The van der Waals surface area contributed by atoms with E-state index >= 15 is 0 Å². The number of rotatable bonds is 11. The van der Waals surface area contributed by atoms with Crippen molar-refractivity contribution < 1.29 is 45.9 Å². The third kappa shape index (κ3) is 17.6. The Hall–Kier alpha value is -1.10. The van der Waals surface area contributed by atoms with Crippen LogP contribution >= 0.6 is 39.1 Å². The second-order valence-electron chi connectivity index (χ2n) is 9.12. The topological polar surface area (TPSA) is 92.7 Å². The quantitative estimate of drug-likeness (QED) is 0.114. The number of halogens is 4. The number of Topliss-reactive ketones (excluding diaryl/α,β-unsaturated/α-hetero) is 2. The van der Waals surface area contributed by atoms with Crippen LogP contribution in [-0.2, 0) is 19.7 Å². The Morgan fingerprint density at radius 3 is 1.49 bits per heavy atom. The van der Waals surface area contributed by atoms with Crippen molar-refractivity contribution in [1.82, 2.24) is 0 Å². The molecule has 0 fully saturated rings. The van der Waals surface area contributed by atoms with Gasteiger partial charge in [-0.1, -0.05) is 57.9 Å². The molecule has 11 heteroatoms. The van der Waals surface area contributed by atoms with Gasteiger partial charge in [0, 0.05) is 46.1 Å². The summed E-state index contributed by atoms with van der Waals surface area (Å²) in [4.78, 5) is 34.9. The summed E-state index contributed by atoms with van der Waals surface area (Å²) in [5.74, 6) is 0.728. The molecule has 0 bridgehead atoms. The fourth-order valence-electron chi connectivity index (χ4n) is 3.03. The maximum atomic E-state index is 11.8. The van der Waals surface area contributed by atoms with Crippen molar-refractivity contribution in [2.75, 3.05) is 26.0 Å². The number of methoxy groups -OCH3 is 2. The summed E-state index contributed by atoms with van der Waals surface area (Å²) < 4.78 is 10.1. The van der Waals surface area contributed by atoms with Crippen LogP contribution in [0.3, 0.4) is 0 Å². The number of allylic oxidation sites excluding steroid dienone is 1. The SMILES string of the molecule is COC(=O)C(C)(C)c1ccc(C(=O)CCCCl)cc1.COC([O-])=C(C)C.O=C(CCCCl)c1ccc(Br)cc1.[Br-].[Mg+2]. The first kappa shape index (κ1) is 44.3. The maximum Gasteiger partial charge on any atom is 2.00 e. The molecule has 0 aliphatic rings. The van der Waals surface area contributed by atoms with E-state index in [1.54, 1.807) is 52.0 Å². The third-order valence-electron chi connectivity index (χ3n) is 5.46. The molecule has 2 aromatic rings. The Kier molecular flexibility index (Phi) is 26.3. The van der Waals surface area contributed by atoms with Crippen molar-refractivity contribution in [1.29, 1.82) is 0 Å². The van der Waals surface area contributed by atoms with E-state index in [0.717, 1.165) is 22.0 Å². The zero-order chi connectivity index (χ0) is 30.0. The van der Waals surface area contributed by atoms with E-state index in [9.17, 15) is 19.5 Å². The molecule has 41 heavy (non-hydrogen) atoms. The first-order chi connectivity index (χ1) is 18.3. The van der Waals surface area contributed by atoms with Crippen molar-refractivity contribution in [2.45, 2.75) is 58.8 Å².